The predicted molar refractivity (Wildman–Crippen MR) is 65.4 cm³/mol. The van der Waals surface area contributed by atoms with E-state index in [0.29, 0.717) is 12.1 Å². The van der Waals surface area contributed by atoms with Crippen LogP contribution in [0.2, 0.25) is 0 Å². The molecule has 1 aromatic rings. The Morgan fingerprint density at radius 2 is 1.88 bits per heavy atom. The Morgan fingerprint density at radius 3 is 2.41 bits per heavy atom. The Balaban J connectivity index is 1.90. The molecule has 0 N–H and O–H groups in total. The van der Waals surface area contributed by atoms with Gasteiger partial charge in [0.2, 0.25) is 0 Å². The minimum absolute atomic E-state index is 0.0951. The monoisotopic (exact) mass is 257 g/mol. The molecule has 0 radical (unpaired) electrons. The van der Waals surface area contributed by atoms with E-state index in [-0.39, 0.29) is 18.8 Å². The molecule has 0 atom stereocenters. The third-order valence-corrected chi connectivity index (χ3v) is 3.94. The molecule has 94 valence electrons. The molecule has 17 heavy (non-hydrogen) atoms. The van der Waals surface area contributed by atoms with E-state index in [1.54, 1.807) is 12.1 Å². The van der Waals surface area contributed by atoms with Crippen molar-refractivity contribution in [2.75, 3.05) is 31.6 Å². The SMILES string of the molecule is CS(=O)(=O)CCN1CC(F)(c2ccccc2)C1. The van der Waals surface area contributed by atoms with Crippen molar-refractivity contribution < 1.29 is 12.8 Å². The number of halogens is 1. The Labute approximate surface area is 101 Å². The summed E-state index contributed by atoms with van der Waals surface area (Å²) in [5, 5.41) is 0. The molecule has 1 aliphatic heterocycles. The summed E-state index contributed by atoms with van der Waals surface area (Å²) in [6.45, 7) is 0.983. The number of hydrogen-bond donors (Lipinski definition) is 0. The van der Waals surface area contributed by atoms with Crippen molar-refractivity contribution >= 4 is 9.84 Å². The van der Waals surface area contributed by atoms with Gasteiger partial charge in [-0.1, -0.05) is 30.3 Å². The van der Waals surface area contributed by atoms with Gasteiger partial charge in [0, 0.05) is 25.9 Å². The summed E-state index contributed by atoms with van der Waals surface area (Å²) in [5.74, 6) is 0.0951. The standard InChI is InChI=1S/C12H16FNO2S/c1-17(15,16)8-7-14-9-12(13,10-14)11-5-3-2-4-6-11/h2-6H,7-10H2,1H3. The smallest absolute Gasteiger partial charge is 0.161 e. The van der Waals surface area contributed by atoms with Crippen LogP contribution in [-0.2, 0) is 15.5 Å². The van der Waals surface area contributed by atoms with Crippen LogP contribution in [0.15, 0.2) is 30.3 Å². The molecule has 3 nitrogen and oxygen atoms in total. The van der Waals surface area contributed by atoms with E-state index in [9.17, 15) is 12.8 Å². The van der Waals surface area contributed by atoms with Gasteiger partial charge in [-0.05, 0) is 5.56 Å². The molecule has 0 aliphatic carbocycles. The van der Waals surface area contributed by atoms with Crippen molar-refractivity contribution in [2.45, 2.75) is 5.67 Å². The first-order valence-corrected chi connectivity index (χ1v) is 7.60. The zero-order valence-electron chi connectivity index (χ0n) is 9.77. The second-order valence-electron chi connectivity index (χ2n) is 4.67. The summed E-state index contributed by atoms with van der Waals surface area (Å²) in [4.78, 5) is 1.83. The van der Waals surface area contributed by atoms with Crippen molar-refractivity contribution in [1.82, 2.24) is 4.90 Å². The van der Waals surface area contributed by atoms with Crippen LogP contribution in [0.25, 0.3) is 0 Å². The van der Waals surface area contributed by atoms with E-state index in [0.717, 1.165) is 0 Å². The van der Waals surface area contributed by atoms with Crippen LogP contribution < -0.4 is 0 Å². The van der Waals surface area contributed by atoms with Crippen LogP contribution in [0, 0.1) is 0 Å². The van der Waals surface area contributed by atoms with Crippen LogP contribution >= 0.6 is 0 Å². The average Bonchev–Trinajstić information content (AvgIpc) is 2.23. The van der Waals surface area contributed by atoms with Gasteiger partial charge in [-0.25, -0.2) is 12.8 Å². The highest BCUT2D eigenvalue weighted by molar-refractivity contribution is 7.90. The Morgan fingerprint density at radius 1 is 1.29 bits per heavy atom. The van der Waals surface area contributed by atoms with Crippen LogP contribution in [0.3, 0.4) is 0 Å². The molecule has 0 aromatic heterocycles. The minimum atomic E-state index is -2.96. The van der Waals surface area contributed by atoms with Crippen LogP contribution in [0.1, 0.15) is 5.56 Å². The Kier molecular flexibility index (Phi) is 3.23. The molecule has 1 heterocycles. The molecule has 1 fully saturated rings. The highest BCUT2D eigenvalue weighted by Gasteiger charge is 2.44. The largest absolute Gasteiger partial charge is 0.295 e. The number of alkyl halides is 1. The minimum Gasteiger partial charge on any atom is -0.295 e. The number of benzene rings is 1. The lowest BCUT2D eigenvalue weighted by Gasteiger charge is -2.44. The molecule has 0 bridgehead atoms. The van der Waals surface area contributed by atoms with Gasteiger partial charge in [-0.3, -0.25) is 4.90 Å². The molecule has 2 rings (SSSR count). The summed E-state index contributed by atoms with van der Waals surface area (Å²) in [5.41, 5.74) is -0.630. The highest BCUT2D eigenvalue weighted by Crippen LogP contribution is 2.35. The van der Waals surface area contributed by atoms with Crippen LogP contribution in [0.5, 0.6) is 0 Å². The molecular formula is C12H16FNO2S. The summed E-state index contributed by atoms with van der Waals surface area (Å²) < 4.78 is 36.3. The molecule has 0 amide bonds. The molecule has 1 saturated heterocycles. The summed E-state index contributed by atoms with van der Waals surface area (Å²) in [7, 11) is -2.96. The fourth-order valence-electron chi connectivity index (χ4n) is 2.04. The molecule has 1 aliphatic rings. The summed E-state index contributed by atoms with van der Waals surface area (Å²) >= 11 is 0. The molecule has 5 heteroatoms. The molecule has 1 aromatic carbocycles. The van der Waals surface area contributed by atoms with Gasteiger partial charge in [0.05, 0.1) is 5.75 Å². The van der Waals surface area contributed by atoms with Gasteiger partial charge in [0.1, 0.15) is 9.84 Å². The molecule has 0 spiro atoms. The summed E-state index contributed by atoms with van der Waals surface area (Å²) in [6.07, 6.45) is 1.20. The maximum absolute atomic E-state index is 14.3. The van der Waals surface area contributed by atoms with Crippen molar-refractivity contribution in [3.8, 4) is 0 Å². The zero-order valence-corrected chi connectivity index (χ0v) is 10.6. The quantitative estimate of drug-likeness (QED) is 0.813. The van der Waals surface area contributed by atoms with E-state index >= 15 is 0 Å². The number of rotatable bonds is 4. The van der Waals surface area contributed by atoms with Crippen molar-refractivity contribution in [3.05, 3.63) is 35.9 Å². The Hall–Kier alpha value is -0.940. The van der Waals surface area contributed by atoms with Gasteiger partial charge in [0.15, 0.2) is 5.67 Å². The third kappa shape index (κ3) is 3.04. The van der Waals surface area contributed by atoms with Gasteiger partial charge in [-0.2, -0.15) is 0 Å². The normalized spacial score (nSPS) is 19.9. The number of sulfone groups is 1. The van der Waals surface area contributed by atoms with Crippen LogP contribution in [0.4, 0.5) is 4.39 Å². The number of hydrogen-bond acceptors (Lipinski definition) is 3. The maximum Gasteiger partial charge on any atom is 0.161 e. The molecule has 0 unspecified atom stereocenters. The van der Waals surface area contributed by atoms with E-state index in [1.807, 2.05) is 23.1 Å². The fraction of sp³-hybridized carbons (Fsp3) is 0.500. The van der Waals surface area contributed by atoms with Gasteiger partial charge in [0.25, 0.3) is 0 Å². The summed E-state index contributed by atoms with van der Waals surface area (Å²) in [6, 6.07) is 9.03. The van der Waals surface area contributed by atoms with E-state index < -0.39 is 15.5 Å². The molecular weight excluding hydrogens is 241 g/mol. The zero-order chi connectivity index (χ0) is 12.5. The fourth-order valence-corrected chi connectivity index (χ4v) is 2.62. The van der Waals surface area contributed by atoms with Crippen molar-refractivity contribution in [3.63, 3.8) is 0 Å². The first-order chi connectivity index (χ1) is 7.89. The van der Waals surface area contributed by atoms with E-state index in [4.69, 9.17) is 0 Å². The lowest BCUT2D eigenvalue weighted by molar-refractivity contribution is -0.0326. The second kappa shape index (κ2) is 4.38. The third-order valence-electron chi connectivity index (χ3n) is 3.02. The Bertz CT molecular complexity index is 480. The lowest BCUT2D eigenvalue weighted by Crippen LogP contribution is -2.57. The second-order valence-corrected chi connectivity index (χ2v) is 6.93. The van der Waals surface area contributed by atoms with E-state index in [1.165, 1.54) is 6.26 Å². The topological polar surface area (TPSA) is 37.4 Å². The van der Waals surface area contributed by atoms with Crippen molar-refractivity contribution in [1.29, 1.82) is 0 Å². The van der Waals surface area contributed by atoms with Gasteiger partial charge >= 0.3 is 0 Å². The first-order valence-electron chi connectivity index (χ1n) is 5.54. The van der Waals surface area contributed by atoms with Crippen molar-refractivity contribution in [2.24, 2.45) is 0 Å². The predicted octanol–water partition coefficient (Wildman–Crippen LogP) is 1.21. The van der Waals surface area contributed by atoms with E-state index in [2.05, 4.69) is 0 Å². The maximum atomic E-state index is 14.3. The highest BCUT2D eigenvalue weighted by atomic mass is 32.2. The van der Waals surface area contributed by atoms with Crippen LogP contribution in [-0.4, -0.2) is 45.0 Å². The van der Waals surface area contributed by atoms with Gasteiger partial charge in [-0.15, -0.1) is 0 Å². The lowest BCUT2D eigenvalue weighted by atomic mass is 9.88. The average molecular weight is 257 g/mol. The van der Waals surface area contributed by atoms with Gasteiger partial charge < -0.3 is 0 Å². The number of likely N-dealkylation sites (tertiary alicyclic amines) is 1. The first kappa shape index (κ1) is 12.5. The number of nitrogens with zero attached hydrogens (tertiary/aromatic N) is 1. The molecule has 0 saturated carbocycles.